The summed E-state index contributed by atoms with van der Waals surface area (Å²) in [6.45, 7) is 1.23. The van der Waals surface area contributed by atoms with Gasteiger partial charge >= 0.3 is 0 Å². The molecule has 1 amide bonds. The molecule has 0 radical (unpaired) electrons. The van der Waals surface area contributed by atoms with Gasteiger partial charge in [-0.15, -0.1) is 0 Å². The molecule has 1 aliphatic heterocycles. The number of carbonyl (C=O) groups is 1. The third kappa shape index (κ3) is 2.54. The summed E-state index contributed by atoms with van der Waals surface area (Å²) in [5.41, 5.74) is 8.27. The summed E-state index contributed by atoms with van der Waals surface area (Å²) >= 11 is 0. The first-order valence-electron chi connectivity index (χ1n) is 7.07. The average Bonchev–Trinajstić information content (AvgIpc) is 2.87. The van der Waals surface area contributed by atoms with Crippen molar-refractivity contribution in [3.63, 3.8) is 0 Å². The molecule has 0 saturated heterocycles. The number of rotatable bonds is 3. The maximum absolute atomic E-state index is 13.0. The third-order valence-electron chi connectivity index (χ3n) is 3.92. The molecule has 3 rings (SSSR count). The molecule has 2 aromatic carbocycles. The monoisotopic (exact) mass is 284 g/mol. The largest absolute Gasteiger partial charge is 0.330 e. The van der Waals surface area contributed by atoms with Crippen LogP contribution in [0.5, 0.6) is 0 Å². The molecule has 3 nitrogen and oxygen atoms in total. The quantitative estimate of drug-likeness (QED) is 0.942. The van der Waals surface area contributed by atoms with Gasteiger partial charge in [0.05, 0.1) is 0 Å². The zero-order valence-electron chi connectivity index (χ0n) is 11.6. The maximum atomic E-state index is 13.0. The standard InChI is InChI=1S/C17H17FN2O/c18-14-7-5-12(6-8-14)17(21)20-11-13(9-10-19)15-3-1-2-4-16(15)20/h1-8,13H,9-11,19H2. The average molecular weight is 284 g/mol. The van der Waals surface area contributed by atoms with Crippen LogP contribution in [0.1, 0.15) is 28.3 Å². The second-order valence-electron chi connectivity index (χ2n) is 5.26. The van der Waals surface area contributed by atoms with Gasteiger partial charge in [-0.2, -0.15) is 0 Å². The van der Waals surface area contributed by atoms with E-state index in [1.165, 1.54) is 29.8 Å². The van der Waals surface area contributed by atoms with Crippen LogP contribution in [0.25, 0.3) is 0 Å². The Kier molecular flexibility index (Phi) is 3.71. The van der Waals surface area contributed by atoms with Gasteiger partial charge in [-0.3, -0.25) is 4.79 Å². The van der Waals surface area contributed by atoms with E-state index in [4.69, 9.17) is 5.73 Å². The van der Waals surface area contributed by atoms with E-state index >= 15 is 0 Å². The Morgan fingerprint density at radius 2 is 1.90 bits per heavy atom. The highest BCUT2D eigenvalue weighted by atomic mass is 19.1. The highest BCUT2D eigenvalue weighted by molar-refractivity contribution is 6.07. The molecule has 1 atom stereocenters. The van der Waals surface area contributed by atoms with Crippen LogP contribution >= 0.6 is 0 Å². The first-order chi connectivity index (χ1) is 10.2. The van der Waals surface area contributed by atoms with Gasteiger partial charge in [-0.05, 0) is 48.9 Å². The van der Waals surface area contributed by atoms with Gasteiger partial charge in [0.25, 0.3) is 5.91 Å². The Morgan fingerprint density at radius 1 is 1.19 bits per heavy atom. The number of amides is 1. The zero-order valence-corrected chi connectivity index (χ0v) is 11.6. The van der Waals surface area contributed by atoms with Crippen molar-refractivity contribution in [1.82, 2.24) is 0 Å². The summed E-state index contributed by atoms with van der Waals surface area (Å²) in [7, 11) is 0. The van der Waals surface area contributed by atoms with Gasteiger partial charge in [-0.25, -0.2) is 4.39 Å². The number of benzene rings is 2. The van der Waals surface area contributed by atoms with Crippen molar-refractivity contribution >= 4 is 11.6 Å². The highest BCUT2D eigenvalue weighted by Gasteiger charge is 2.31. The summed E-state index contributed by atoms with van der Waals surface area (Å²) in [6, 6.07) is 13.6. The molecular formula is C17H17FN2O. The second kappa shape index (κ2) is 5.66. The smallest absolute Gasteiger partial charge is 0.258 e. The molecule has 0 spiro atoms. The van der Waals surface area contributed by atoms with Gasteiger partial charge in [-0.1, -0.05) is 18.2 Å². The minimum Gasteiger partial charge on any atom is -0.330 e. The Bertz CT molecular complexity index is 654. The summed E-state index contributed by atoms with van der Waals surface area (Å²) in [4.78, 5) is 14.4. The lowest BCUT2D eigenvalue weighted by molar-refractivity contribution is 0.0988. The number of anilines is 1. The normalized spacial score (nSPS) is 16.9. The van der Waals surface area contributed by atoms with Gasteiger partial charge in [0, 0.05) is 23.7 Å². The van der Waals surface area contributed by atoms with Crippen molar-refractivity contribution in [1.29, 1.82) is 0 Å². The minimum atomic E-state index is -0.339. The Hall–Kier alpha value is -2.20. The molecule has 0 fully saturated rings. The fourth-order valence-corrected chi connectivity index (χ4v) is 2.88. The molecule has 1 heterocycles. The molecule has 0 aliphatic carbocycles. The van der Waals surface area contributed by atoms with Crippen molar-refractivity contribution in [2.24, 2.45) is 5.73 Å². The van der Waals surface area contributed by atoms with E-state index in [0.717, 1.165) is 12.1 Å². The predicted octanol–water partition coefficient (Wildman–Crippen LogP) is 2.92. The van der Waals surface area contributed by atoms with Crippen molar-refractivity contribution < 1.29 is 9.18 Å². The molecule has 21 heavy (non-hydrogen) atoms. The molecule has 2 aromatic rings. The molecule has 4 heteroatoms. The maximum Gasteiger partial charge on any atom is 0.258 e. The van der Waals surface area contributed by atoms with E-state index in [1.807, 2.05) is 24.3 Å². The Balaban J connectivity index is 1.92. The van der Waals surface area contributed by atoms with Crippen molar-refractivity contribution in [3.05, 3.63) is 65.5 Å². The van der Waals surface area contributed by atoms with E-state index in [0.29, 0.717) is 18.7 Å². The Labute approximate surface area is 123 Å². The SMILES string of the molecule is NCCC1CN(C(=O)c2ccc(F)cc2)c2ccccc21. The van der Waals surface area contributed by atoms with E-state index in [2.05, 4.69) is 0 Å². The number of fused-ring (bicyclic) bond motifs is 1. The molecule has 0 bridgehead atoms. The Morgan fingerprint density at radius 3 is 2.62 bits per heavy atom. The van der Waals surface area contributed by atoms with Crippen LogP contribution in [0.3, 0.4) is 0 Å². The van der Waals surface area contributed by atoms with Crippen LogP contribution in [0, 0.1) is 5.82 Å². The fourth-order valence-electron chi connectivity index (χ4n) is 2.88. The van der Waals surface area contributed by atoms with Gasteiger partial charge in [0.2, 0.25) is 0 Å². The van der Waals surface area contributed by atoms with Crippen LogP contribution in [-0.4, -0.2) is 19.0 Å². The molecule has 0 aromatic heterocycles. The number of nitrogens with zero attached hydrogens (tertiary/aromatic N) is 1. The topological polar surface area (TPSA) is 46.3 Å². The van der Waals surface area contributed by atoms with Crippen LogP contribution in [0.2, 0.25) is 0 Å². The number of halogens is 1. The van der Waals surface area contributed by atoms with E-state index in [-0.39, 0.29) is 17.6 Å². The number of para-hydroxylation sites is 1. The number of hydrogen-bond acceptors (Lipinski definition) is 2. The molecular weight excluding hydrogens is 267 g/mol. The second-order valence-corrected chi connectivity index (χ2v) is 5.26. The lowest BCUT2D eigenvalue weighted by atomic mass is 9.98. The minimum absolute atomic E-state index is 0.0954. The van der Waals surface area contributed by atoms with Crippen LogP contribution in [0.15, 0.2) is 48.5 Å². The third-order valence-corrected chi connectivity index (χ3v) is 3.92. The lowest BCUT2D eigenvalue weighted by Gasteiger charge is -2.18. The summed E-state index contributed by atoms with van der Waals surface area (Å²) < 4.78 is 13.0. The van der Waals surface area contributed by atoms with Crippen molar-refractivity contribution in [2.75, 3.05) is 18.0 Å². The molecule has 108 valence electrons. The van der Waals surface area contributed by atoms with Crippen LogP contribution < -0.4 is 10.6 Å². The van der Waals surface area contributed by atoms with E-state index < -0.39 is 0 Å². The summed E-state index contributed by atoms with van der Waals surface area (Å²) in [5.74, 6) is -0.160. The van der Waals surface area contributed by atoms with E-state index in [1.54, 1.807) is 4.90 Å². The van der Waals surface area contributed by atoms with Crippen LogP contribution in [-0.2, 0) is 0 Å². The first-order valence-corrected chi connectivity index (χ1v) is 7.07. The van der Waals surface area contributed by atoms with Gasteiger partial charge < -0.3 is 10.6 Å². The number of carbonyl (C=O) groups excluding carboxylic acids is 1. The zero-order chi connectivity index (χ0) is 14.8. The molecule has 1 aliphatic rings. The molecule has 1 unspecified atom stereocenters. The summed E-state index contributed by atoms with van der Waals surface area (Å²) in [5, 5.41) is 0. The predicted molar refractivity (Wildman–Crippen MR) is 80.9 cm³/mol. The first kappa shape index (κ1) is 13.8. The number of hydrogen-bond donors (Lipinski definition) is 1. The van der Waals surface area contributed by atoms with Crippen LogP contribution in [0.4, 0.5) is 10.1 Å². The highest BCUT2D eigenvalue weighted by Crippen LogP contribution is 2.38. The van der Waals surface area contributed by atoms with Crippen molar-refractivity contribution in [3.8, 4) is 0 Å². The summed E-state index contributed by atoms with van der Waals surface area (Å²) in [6.07, 6.45) is 0.851. The lowest BCUT2D eigenvalue weighted by Crippen LogP contribution is -2.30. The van der Waals surface area contributed by atoms with Crippen molar-refractivity contribution in [2.45, 2.75) is 12.3 Å². The van der Waals surface area contributed by atoms with Gasteiger partial charge in [0.15, 0.2) is 0 Å². The fraction of sp³-hybridized carbons (Fsp3) is 0.235. The number of nitrogens with two attached hydrogens (primary N) is 1. The molecule has 2 N–H and O–H groups in total. The van der Waals surface area contributed by atoms with Gasteiger partial charge in [0.1, 0.15) is 5.82 Å². The molecule has 0 saturated carbocycles. The van der Waals surface area contributed by atoms with E-state index in [9.17, 15) is 9.18 Å².